The number of H-pyrrole nitrogens is 1. The Morgan fingerprint density at radius 3 is 2.78 bits per heavy atom. The Hall–Kier alpha value is -1.58. The second-order valence-electron chi connectivity index (χ2n) is 3.14. The summed E-state index contributed by atoms with van der Waals surface area (Å²) >= 11 is 0. The smallest absolute Gasteiger partial charge is 0.483 e. The molecule has 18 heavy (non-hydrogen) atoms. The zero-order valence-corrected chi connectivity index (χ0v) is 10.0. The second kappa shape index (κ2) is 5.38. The third kappa shape index (κ3) is 3.00. The molecule has 0 radical (unpaired) electrons. The van der Waals surface area contributed by atoms with Crippen molar-refractivity contribution in [2.45, 2.75) is 23.7 Å². The fraction of sp³-hybridized carbons (Fsp3) is 0.500. The van der Waals surface area contributed by atoms with E-state index in [9.17, 15) is 21.6 Å². The molecule has 0 amide bonds. The first kappa shape index (κ1) is 14.5. The molecule has 1 N–H and O–H groups in total. The molecule has 1 aromatic heterocycles. The zero-order valence-electron chi connectivity index (χ0n) is 9.23. The normalized spacial score (nSPS) is 13.1. The van der Waals surface area contributed by atoms with Crippen LogP contribution in [0.2, 0.25) is 0 Å². The van der Waals surface area contributed by atoms with Gasteiger partial charge < -0.3 is 4.74 Å². The summed E-state index contributed by atoms with van der Waals surface area (Å²) in [6.07, 6.45) is 2.10. The molecule has 1 aromatic rings. The molecule has 0 fully saturated rings. The summed E-state index contributed by atoms with van der Waals surface area (Å²) in [4.78, 5) is 2.40. The number of nitrogens with zero attached hydrogens (tertiary/aromatic N) is 2. The standard InChI is InChI=1S/C8H10F3N3O3S/c1-2-3-17-5-12-7-6(4-13-14-7)18(15,16)8(9,10)11/h4-5H,2-3H2,1H3,(H,13,14). The van der Waals surface area contributed by atoms with E-state index in [0.717, 1.165) is 6.40 Å². The number of hydrogen-bond acceptors (Lipinski definition) is 5. The molecule has 0 atom stereocenters. The second-order valence-corrected chi connectivity index (χ2v) is 5.05. The molecular formula is C8H10F3N3O3S. The highest BCUT2D eigenvalue weighted by molar-refractivity contribution is 7.92. The van der Waals surface area contributed by atoms with Crippen LogP contribution in [0.4, 0.5) is 19.0 Å². The third-order valence-electron chi connectivity index (χ3n) is 1.76. The van der Waals surface area contributed by atoms with Crippen LogP contribution in [0.25, 0.3) is 0 Å². The number of nitrogens with one attached hydrogen (secondary N) is 1. The molecule has 0 saturated carbocycles. The van der Waals surface area contributed by atoms with Gasteiger partial charge in [-0.3, -0.25) is 5.10 Å². The first-order valence-electron chi connectivity index (χ1n) is 4.79. The fourth-order valence-electron chi connectivity index (χ4n) is 0.943. The van der Waals surface area contributed by atoms with E-state index in [1.54, 1.807) is 0 Å². The number of alkyl halides is 3. The topological polar surface area (TPSA) is 84.4 Å². The molecule has 0 aromatic carbocycles. The average molecular weight is 285 g/mol. The van der Waals surface area contributed by atoms with Crippen LogP contribution in [0.1, 0.15) is 13.3 Å². The Morgan fingerprint density at radius 1 is 1.56 bits per heavy atom. The number of aromatic nitrogens is 2. The minimum absolute atomic E-state index is 0.318. The number of aromatic amines is 1. The Morgan fingerprint density at radius 2 is 2.22 bits per heavy atom. The zero-order chi connectivity index (χ0) is 13.8. The van der Waals surface area contributed by atoms with Crippen LogP contribution in [-0.4, -0.2) is 37.1 Å². The van der Waals surface area contributed by atoms with Crippen LogP contribution in [0.15, 0.2) is 16.1 Å². The van der Waals surface area contributed by atoms with Crippen molar-refractivity contribution < 1.29 is 26.3 Å². The van der Waals surface area contributed by atoms with E-state index < -0.39 is 26.1 Å². The average Bonchev–Trinajstić information content (AvgIpc) is 2.71. The van der Waals surface area contributed by atoms with Gasteiger partial charge in [-0.1, -0.05) is 6.92 Å². The first-order valence-corrected chi connectivity index (χ1v) is 6.28. The van der Waals surface area contributed by atoms with E-state index >= 15 is 0 Å². The van der Waals surface area contributed by atoms with Crippen molar-refractivity contribution in [3.63, 3.8) is 0 Å². The lowest BCUT2D eigenvalue weighted by atomic mass is 10.5. The van der Waals surface area contributed by atoms with E-state index in [4.69, 9.17) is 4.74 Å². The van der Waals surface area contributed by atoms with E-state index in [1.165, 1.54) is 0 Å². The number of ether oxygens (including phenoxy) is 1. The van der Waals surface area contributed by atoms with Gasteiger partial charge in [0.1, 0.15) is 4.90 Å². The summed E-state index contributed by atoms with van der Waals surface area (Å²) in [5.74, 6) is -0.525. The third-order valence-corrected chi connectivity index (χ3v) is 3.25. The summed E-state index contributed by atoms with van der Waals surface area (Å²) < 4.78 is 64.0. The predicted octanol–water partition coefficient (Wildman–Crippen LogP) is 1.79. The molecule has 0 saturated heterocycles. The quantitative estimate of drug-likeness (QED) is 0.508. The van der Waals surface area contributed by atoms with E-state index in [1.807, 2.05) is 6.92 Å². The maximum absolute atomic E-state index is 12.3. The van der Waals surface area contributed by atoms with Gasteiger partial charge in [0.05, 0.1) is 12.8 Å². The van der Waals surface area contributed by atoms with Gasteiger partial charge in [-0.2, -0.15) is 18.3 Å². The lowest BCUT2D eigenvalue weighted by Gasteiger charge is -2.05. The van der Waals surface area contributed by atoms with Crippen LogP contribution in [0.3, 0.4) is 0 Å². The molecule has 0 aliphatic carbocycles. The van der Waals surface area contributed by atoms with Crippen molar-refractivity contribution in [1.82, 2.24) is 10.2 Å². The summed E-state index contributed by atoms with van der Waals surface area (Å²) in [7, 11) is -5.47. The Balaban J connectivity index is 3.00. The van der Waals surface area contributed by atoms with Gasteiger partial charge in [0, 0.05) is 0 Å². The molecular weight excluding hydrogens is 275 g/mol. The molecule has 10 heteroatoms. The van der Waals surface area contributed by atoms with Gasteiger partial charge in [-0.15, -0.1) is 0 Å². The van der Waals surface area contributed by atoms with Crippen LogP contribution in [0, 0.1) is 0 Å². The van der Waals surface area contributed by atoms with Crippen molar-refractivity contribution in [1.29, 1.82) is 0 Å². The minimum atomic E-state index is -5.47. The van der Waals surface area contributed by atoms with Crippen molar-refractivity contribution >= 4 is 22.1 Å². The van der Waals surface area contributed by atoms with Crippen LogP contribution < -0.4 is 0 Å². The Kier molecular flexibility index (Phi) is 4.33. The monoisotopic (exact) mass is 285 g/mol. The van der Waals surface area contributed by atoms with Gasteiger partial charge in [0.15, 0.2) is 12.2 Å². The molecule has 0 aliphatic heterocycles. The number of hydrogen-bond donors (Lipinski definition) is 1. The summed E-state index contributed by atoms with van der Waals surface area (Å²) in [6.45, 7) is 2.14. The lowest BCUT2D eigenvalue weighted by Crippen LogP contribution is -2.22. The van der Waals surface area contributed by atoms with Gasteiger partial charge in [0.25, 0.3) is 9.84 Å². The fourth-order valence-corrected chi connectivity index (χ4v) is 1.74. The molecule has 0 bridgehead atoms. The molecule has 102 valence electrons. The molecule has 1 heterocycles. The van der Waals surface area contributed by atoms with Crippen molar-refractivity contribution in [3.05, 3.63) is 6.20 Å². The van der Waals surface area contributed by atoms with Crippen molar-refractivity contribution in [2.75, 3.05) is 6.61 Å². The SMILES string of the molecule is CCCOC=Nc1[nH]ncc1S(=O)(=O)C(F)(F)F. The first-order chi connectivity index (χ1) is 8.30. The number of rotatable bonds is 5. The largest absolute Gasteiger partial charge is 0.502 e. The molecule has 1 rings (SSSR count). The number of aliphatic imine (C=N–C) groups is 1. The van der Waals surface area contributed by atoms with E-state index in [-0.39, 0.29) is 0 Å². The molecule has 0 aliphatic rings. The number of sulfone groups is 1. The van der Waals surface area contributed by atoms with Gasteiger partial charge in [-0.05, 0) is 6.42 Å². The highest BCUT2D eigenvalue weighted by atomic mass is 32.2. The van der Waals surface area contributed by atoms with Gasteiger partial charge in [0.2, 0.25) is 0 Å². The molecule has 0 unspecified atom stereocenters. The number of halogens is 3. The molecule has 0 spiro atoms. The molecule has 6 nitrogen and oxygen atoms in total. The highest BCUT2D eigenvalue weighted by Crippen LogP contribution is 2.34. The predicted molar refractivity (Wildman–Crippen MR) is 56.2 cm³/mol. The van der Waals surface area contributed by atoms with Crippen LogP contribution in [-0.2, 0) is 14.6 Å². The van der Waals surface area contributed by atoms with Crippen LogP contribution in [0.5, 0.6) is 0 Å². The maximum Gasteiger partial charge on any atom is 0.502 e. The van der Waals surface area contributed by atoms with E-state index in [0.29, 0.717) is 19.2 Å². The maximum atomic E-state index is 12.3. The highest BCUT2D eigenvalue weighted by Gasteiger charge is 2.48. The summed E-state index contributed by atoms with van der Waals surface area (Å²) in [5, 5.41) is 5.28. The van der Waals surface area contributed by atoms with Crippen LogP contribution >= 0.6 is 0 Å². The summed E-state index contributed by atoms with van der Waals surface area (Å²) in [6, 6.07) is 0. The van der Waals surface area contributed by atoms with Gasteiger partial charge in [-0.25, -0.2) is 13.4 Å². The van der Waals surface area contributed by atoms with Gasteiger partial charge >= 0.3 is 5.51 Å². The minimum Gasteiger partial charge on any atom is -0.483 e. The summed E-state index contributed by atoms with van der Waals surface area (Å²) in [5.41, 5.74) is -5.40. The van der Waals surface area contributed by atoms with Crippen molar-refractivity contribution in [2.24, 2.45) is 4.99 Å². The Bertz CT molecular complexity index is 521. The van der Waals surface area contributed by atoms with Crippen molar-refractivity contribution in [3.8, 4) is 0 Å². The Labute approximate surface area is 101 Å². The lowest BCUT2D eigenvalue weighted by molar-refractivity contribution is -0.0435. The van der Waals surface area contributed by atoms with E-state index in [2.05, 4.69) is 15.2 Å².